The summed E-state index contributed by atoms with van der Waals surface area (Å²) in [5, 5.41) is 15.8. The van der Waals surface area contributed by atoms with E-state index in [9.17, 15) is 19.2 Å². The molecule has 152 valence electrons. The van der Waals surface area contributed by atoms with Crippen LogP contribution in [0.4, 0.5) is 0 Å². The third kappa shape index (κ3) is 22.8. The molecular weight excluding hydrogens is 356 g/mol. The Hall–Kier alpha value is -3.16. The third-order valence-corrected chi connectivity index (χ3v) is 2.27. The van der Waals surface area contributed by atoms with Gasteiger partial charge in [-0.3, -0.25) is 0 Å². The first-order valence-corrected chi connectivity index (χ1v) is 7.56. The van der Waals surface area contributed by atoms with Crippen molar-refractivity contribution >= 4 is 23.9 Å². The van der Waals surface area contributed by atoms with Gasteiger partial charge in [-0.25, -0.2) is 19.2 Å². The lowest BCUT2D eigenvalue weighted by atomic mass is 9.96. The maximum Gasteiger partial charge on any atom is 0.330 e. The summed E-state index contributed by atoms with van der Waals surface area (Å²) in [5.41, 5.74) is -0.0675. The number of carbonyl (C=O) groups is 4. The van der Waals surface area contributed by atoms with E-state index in [1.54, 1.807) is 0 Å². The molecule has 8 heteroatoms. The van der Waals surface area contributed by atoms with Crippen molar-refractivity contribution in [3.05, 3.63) is 49.6 Å². The molecular formula is C19H28O8. The molecule has 0 amide bonds. The lowest BCUT2D eigenvalue weighted by molar-refractivity contribution is -0.146. The second kappa shape index (κ2) is 15.1. The highest BCUT2D eigenvalue weighted by atomic mass is 16.5. The number of carboxylic acids is 2. The zero-order valence-corrected chi connectivity index (χ0v) is 16.2. The molecule has 0 fully saturated rings. The Kier molecular flexibility index (Phi) is 16.0. The van der Waals surface area contributed by atoms with E-state index in [0.717, 1.165) is 12.2 Å². The Morgan fingerprint density at radius 2 is 1.04 bits per heavy atom. The zero-order valence-electron chi connectivity index (χ0n) is 16.2. The van der Waals surface area contributed by atoms with Gasteiger partial charge in [-0.05, 0) is 13.8 Å². The van der Waals surface area contributed by atoms with E-state index in [2.05, 4.69) is 26.3 Å². The summed E-state index contributed by atoms with van der Waals surface area (Å²) in [5.74, 6) is -2.85. The SMILES string of the molecule is C=C(C)C(=O)O.C=C(C)C(=O)O.C=CC(=O)OCC(C)(C)COC(=O)C=C. The standard InChI is InChI=1S/C11H16O4.2C4H6O2/c1-5-9(12)14-7-11(3,4)8-15-10(13)6-2;2*1-3(2)4(5)6/h5-6H,1-2,7-8H2,3-4H3;2*1H2,2H3,(H,5,6). The number of hydrogen-bond donors (Lipinski definition) is 2. The van der Waals surface area contributed by atoms with Crippen molar-refractivity contribution < 1.29 is 38.9 Å². The van der Waals surface area contributed by atoms with E-state index in [0.29, 0.717) is 0 Å². The van der Waals surface area contributed by atoms with Crippen molar-refractivity contribution in [2.75, 3.05) is 13.2 Å². The highest BCUT2D eigenvalue weighted by Crippen LogP contribution is 2.16. The lowest BCUT2D eigenvalue weighted by Gasteiger charge is -2.22. The van der Waals surface area contributed by atoms with Crippen molar-refractivity contribution in [1.82, 2.24) is 0 Å². The Bertz CT molecular complexity index is 511. The molecule has 0 aliphatic carbocycles. The van der Waals surface area contributed by atoms with E-state index >= 15 is 0 Å². The first-order valence-electron chi connectivity index (χ1n) is 7.56. The van der Waals surface area contributed by atoms with Crippen molar-refractivity contribution in [1.29, 1.82) is 0 Å². The largest absolute Gasteiger partial charge is 0.478 e. The minimum atomic E-state index is -0.935. The van der Waals surface area contributed by atoms with Crippen LogP contribution in [0.25, 0.3) is 0 Å². The zero-order chi connectivity index (χ0) is 22.2. The average Bonchev–Trinajstić information content (AvgIpc) is 2.58. The molecule has 0 aromatic rings. The van der Waals surface area contributed by atoms with Crippen LogP contribution >= 0.6 is 0 Å². The van der Waals surface area contributed by atoms with Crippen molar-refractivity contribution in [3.63, 3.8) is 0 Å². The summed E-state index contributed by atoms with van der Waals surface area (Å²) in [7, 11) is 0. The van der Waals surface area contributed by atoms with Crippen LogP contribution in [0.1, 0.15) is 27.7 Å². The van der Waals surface area contributed by atoms with Gasteiger partial charge in [0.1, 0.15) is 0 Å². The van der Waals surface area contributed by atoms with Gasteiger partial charge in [0.15, 0.2) is 0 Å². The van der Waals surface area contributed by atoms with Gasteiger partial charge >= 0.3 is 23.9 Å². The van der Waals surface area contributed by atoms with Crippen LogP contribution in [-0.4, -0.2) is 47.3 Å². The van der Waals surface area contributed by atoms with Crippen LogP contribution in [0.3, 0.4) is 0 Å². The number of aliphatic carboxylic acids is 2. The highest BCUT2D eigenvalue weighted by Gasteiger charge is 2.21. The predicted molar refractivity (Wildman–Crippen MR) is 101 cm³/mol. The summed E-state index contributed by atoms with van der Waals surface area (Å²) < 4.78 is 9.70. The lowest BCUT2D eigenvalue weighted by Crippen LogP contribution is -2.27. The van der Waals surface area contributed by atoms with Crippen molar-refractivity contribution in [2.24, 2.45) is 5.41 Å². The van der Waals surface area contributed by atoms with Crippen LogP contribution < -0.4 is 0 Å². The monoisotopic (exact) mass is 384 g/mol. The van der Waals surface area contributed by atoms with E-state index in [1.807, 2.05) is 13.8 Å². The fourth-order valence-electron chi connectivity index (χ4n) is 0.693. The fraction of sp³-hybridized carbons (Fsp3) is 0.368. The first-order chi connectivity index (χ1) is 12.2. The van der Waals surface area contributed by atoms with Crippen LogP contribution in [0.15, 0.2) is 49.6 Å². The molecule has 0 bridgehead atoms. The molecule has 0 aromatic heterocycles. The molecule has 0 saturated heterocycles. The summed E-state index contributed by atoms with van der Waals surface area (Å²) >= 11 is 0. The van der Waals surface area contributed by atoms with Gasteiger partial charge in [0.25, 0.3) is 0 Å². The topological polar surface area (TPSA) is 127 Å². The molecule has 0 aromatic carbocycles. The van der Waals surface area contributed by atoms with Gasteiger partial charge < -0.3 is 19.7 Å². The second-order valence-electron chi connectivity index (χ2n) is 5.96. The highest BCUT2D eigenvalue weighted by molar-refractivity contribution is 5.85. The molecule has 0 rings (SSSR count). The normalized spacial score (nSPS) is 9.04. The van der Waals surface area contributed by atoms with Gasteiger partial charge in [-0.15, -0.1) is 0 Å². The number of ether oxygens (including phenoxy) is 2. The van der Waals surface area contributed by atoms with Crippen LogP contribution in [0.2, 0.25) is 0 Å². The quantitative estimate of drug-likeness (QED) is 0.483. The molecule has 0 unspecified atom stereocenters. The first kappa shape index (κ1) is 28.6. The second-order valence-corrected chi connectivity index (χ2v) is 5.96. The molecule has 0 aliphatic heterocycles. The van der Waals surface area contributed by atoms with Crippen LogP contribution in [-0.2, 0) is 28.7 Å². The summed E-state index contributed by atoms with van der Waals surface area (Å²) in [6.45, 7) is 19.7. The number of esters is 2. The Labute approximate surface area is 159 Å². The summed E-state index contributed by atoms with van der Waals surface area (Å²) in [6, 6.07) is 0. The van der Waals surface area contributed by atoms with Crippen LogP contribution in [0, 0.1) is 5.41 Å². The maximum atomic E-state index is 10.8. The molecule has 0 saturated carbocycles. The fourth-order valence-corrected chi connectivity index (χ4v) is 0.693. The van der Waals surface area contributed by atoms with E-state index in [4.69, 9.17) is 19.7 Å². The van der Waals surface area contributed by atoms with Crippen molar-refractivity contribution in [3.8, 4) is 0 Å². The average molecular weight is 384 g/mol. The number of carboxylic acid groups (broad SMARTS) is 2. The minimum absolute atomic E-state index is 0.169. The number of rotatable bonds is 8. The smallest absolute Gasteiger partial charge is 0.330 e. The van der Waals surface area contributed by atoms with Gasteiger partial charge in [-0.2, -0.15) is 0 Å². The van der Waals surface area contributed by atoms with Gasteiger partial charge in [0, 0.05) is 28.7 Å². The van der Waals surface area contributed by atoms with E-state index in [1.165, 1.54) is 13.8 Å². The Morgan fingerprint density at radius 1 is 0.815 bits per heavy atom. The summed E-state index contributed by atoms with van der Waals surface area (Å²) in [6.07, 6.45) is 2.18. The van der Waals surface area contributed by atoms with E-state index in [-0.39, 0.29) is 24.4 Å². The van der Waals surface area contributed by atoms with Gasteiger partial charge in [-0.1, -0.05) is 40.2 Å². The predicted octanol–water partition coefficient (Wildman–Crippen LogP) is 2.77. The number of carbonyl (C=O) groups excluding carboxylic acids is 2. The van der Waals surface area contributed by atoms with Gasteiger partial charge in [0.2, 0.25) is 0 Å². The van der Waals surface area contributed by atoms with Crippen molar-refractivity contribution in [2.45, 2.75) is 27.7 Å². The maximum absolute atomic E-state index is 10.8. The van der Waals surface area contributed by atoms with E-state index < -0.39 is 29.3 Å². The molecule has 0 spiro atoms. The minimum Gasteiger partial charge on any atom is -0.478 e. The Morgan fingerprint density at radius 3 is 1.19 bits per heavy atom. The molecule has 27 heavy (non-hydrogen) atoms. The molecule has 0 aliphatic rings. The van der Waals surface area contributed by atoms with Crippen LogP contribution in [0.5, 0.6) is 0 Å². The van der Waals surface area contributed by atoms with Gasteiger partial charge in [0.05, 0.1) is 13.2 Å². The molecule has 2 N–H and O–H groups in total. The molecule has 0 heterocycles. The number of hydrogen-bond acceptors (Lipinski definition) is 6. The molecule has 8 nitrogen and oxygen atoms in total. The molecule has 0 atom stereocenters. The summed E-state index contributed by atoms with van der Waals surface area (Å²) in [4.78, 5) is 40.8. The molecule has 0 radical (unpaired) electrons. The third-order valence-electron chi connectivity index (χ3n) is 2.27. The Balaban J connectivity index is -0.000000394.